The SMILES string of the molecule is CCCCC(=O)C1CCC2CC(CC)CCC2C1. The molecule has 0 bridgehead atoms. The summed E-state index contributed by atoms with van der Waals surface area (Å²) >= 11 is 0. The summed E-state index contributed by atoms with van der Waals surface area (Å²) in [6, 6.07) is 0. The fourth-order valence-electron chi connectivity index (χ4n) is 4.20. The standard InChI is InChI=1S/C17H30O/c1-3-5-6-17(18)16-10-9-14-11-13(4-2)7-8-15(14)12-16/h13-16H,3-12H2,1-2H3. The largest absolute Gasteiger partial charge is 0.299 e. The van der Waals surface area contributed by atoms with E-state index < -0.39 is 0 Å². The maximum atomic E-state index is 12.2. The van der Waals surface area contributed by atoms with E-state index in [-0.39, 0.29) is 0 Å². The van der Waals surface area contributed by atoms with Crippen molar-refractivity contribution in [2.45, 2.75) is 78.1 Å². The number of Topliss-reactive ketones (excluding diaryl/α,β-unsaturated/α-hetero) is 1. The summed E-state index contributed by atoms with van der Waals surface area (Å²) in [4.78, 5) is 12.2. The van der Waals surface area contributed by atoms with Gasteiger partial charge in [-0.05, 0) is 56.3 Å². The second-order valence-electron chi connectivity index (χ2n) is 6.69. The Balaban J connectivity index is 1.82. The predicted octanol–water partition coefficient (Wildman–Crippen LogP) is 4.99. The minimum atomic E-state index is 0.427. The molecule has 4 atom stereocenters. The molecule has 0 radical (unpaired) electrons. The van der Waals surface area contributed by atoms with Crippen LogP contribution in [0.5, 0.6) is 0 Å². The first-order valence-electron chi connectivity index (χ1n) is 8.27. The minimum Gasteiger partial charge on any atom is -0.299 e. The Morgan fingerprint density at radius 1 is 1.00 bits per heavy atom. The number of rotatable bonds is 5. The second-order valence-corrected chi connectivity index (χ2v) is 6.69. The van der Waals surface area contributed by atoms with Gasteiger partial charge in [0.1, 0.15) is 5.78 Å². The molecule has 0 aromatic rings. The third-order valence-electron chi connectivity index (χ3n) is 5.53. The van der Waals surface area contributed by atoms with E-state index >= 15 is 0 Å². The molecule has 0 aromatic heterocycles. The van der Waals surface area contributed by atoms with Crippen molar-refractivity contribution in [2.24, 2.45) is 23.7 Å². The van der Waals surface area contributed by atoms with Gasteiger partial charge in [-0.2, -0.15) is 0 Å². The lowest BCUT2D eigenvalue weighted by Gasteiger charge is -2.41. The highest BCUT2D eigenvalue weighted by atomic mass is 16.1. The quantitative estimate of drug-likeness (QED) is 0.672. The van der Waals surface area contributed by atoms with E-state index in [1.54, 1.807) is 0 Å². The van der Waals surface area contributed by atoms with Crippen LogP contribution in [-0.4, -0.2) is 5.78 Å². The molecule has 2 fully saturated rings. The number of hydrogen-bond donors (Lipinski definition) is 0. The number of carbonyl (C=O) groups excluding carboxylic acids is 1. The third kappa shape index (κ3) is 3.36. The molecule has 104 valence electrons. The summed E-state index contributed by atoms with van der Waals surface area (Å²) in [5.41, 5.74) is 0. The number of ketones is 1. The summed E-state index contributed by atoms with van der Waals surface area (Å²) < 4.78 is 0. The van der Waals surface area contributed by atoms with Crippen LogP contribution in [0, 0.1) is 23.7 Å². The zero-order valence-electron chi connectivity index (χ0n) is 12.3. The molecule has 0 aromatic carbocycles. The minimum absolute atomic E-state index is 0.427. The van der Waals surface area contributed by atoms with Gasteiger partial charge < -0.3 is 0 Å². The average molecular weight is 250 g/mol. The topological polar surface area (TPSA) is 17.1 Å². The molecule has 0 amide bonds. The zero-order chi connectivity index (χ0) is 13.0. The summed E-state index contributed by atoms with van der Waals surface area (Å²) in [7, 11) is 0. The molecule has 0 aliphatic heterocycles. The Kier molecular flexibility index (Phi) is 5.26. The number of hydrogen-bond acceptors (Lipinski definition) is 1. The van der Waals surface area contributed by atoms with Gasteiger partial charge in [-0.25, -0.2) is 0 Å². The molecule has 0 spiro atoms. The smallest absolute Gasteiger partial charge is 0.135 e. The zero-order valence-corrected chi connectivity index (χ0v) is 12.3. The lowest BCUT2D eigenvalue weighted by Crippen LogP contribution is -2.33. The van der Waals surface area contributed by atoms with Gasteiger partial charge in [0, 0.05) is 12.3 Å². The van der Waals surface area contributed by atoms with E-state index in [1.807, 2.05) is 0 Å². The normalized spacial score (nSPS) is 36.1. The van der Waals surface area contributed by atoms with E-state index in [9.17, 15) is 4.79 Å². The van der Waals surface area contributed by atoms with Gasteiger partial charge in [-0.1, -0.05) is 33.1 Å². The predicted molar refractivity (Wildman–Crippen MR) is 76.5 cm³/mol. The van der Waals surface area contributed by atoms with E-state index in [0.717, 1.165) is 37.0 Å². The molecule has 18 heavy (non-hydrogen) atoms. The summed E-state index contributed by atoms with van der Waals surface area (Å²) in [5.74, 6) is 3.83. The van der Waals surface area contributed by atoms with Gasteiger partial charge in [-0.3, -0.25) is 4.79 Å². The molecule has 4 unspecified atom stereocenters. The van der Waals surface area contributed by atoms with Crippen molar-refractivity contribution in [1.82, 2.24) is 0 Å². The van der Waals surface area contributed by atoms with Crippen molar-refractivity contribution in [3.63, 3.8) is 0 Å². The number of carbonyl (C=O) groups is 1. The van der Waals surface area contributed by atoms with Crippen molar-refractivity contribution >= 4 is 5.78 Å². The van der Waals surface area contributed by atoms with Crippen molar-refractivity contribution in [3.05, 3.63) is 0 Å². The molecule has 2 saturated carbocycles. The molecular weight excluding hydrogens is 220 g/mol. The van der Waals surface area contributed by atoms with E-state index in [4.69, 9.17) is 0 Å². The maximum absolute atomic E-state index is 12.2. The molecule has 2 aliphatic rings. The lowest BCUT2D eigenvalue weighted by molar-refractivity contribution is -0.125. The van der Waals surface area contributed by atoms with Crippen LogP contribution >= 0.6 is 0 Å². The van der Waals surface area contributed by atoms with Crippen molar-refractivity contribution in [1.29, 1.82) is 0 Å². The van der Waals surface area contributed by atoms with Crippen LogP contribution in [0.4, 0.5) is 0 Å². The molecule has 0 saturated heterocycles. The van der Waals surface area contributed by atoms with Crippen LogP contribution in [0.2, 0.25) is 0 Å². The van der Waals surface area contributed by atoms with Gasteiger partial charge >= 0.3 is 0 Å². The van der Waals surface area contributed by atoms with Crippen LogP contribution in [0.25, 0.3) is 0 Å². The molecule has 2 rings (SSSR count). The fourth-order valence-corrected chi connectivity index (χ4v) is 4.20. The Morgan fingerprint density at radius 2 is 1.72 bits per heavy atom. The average Bonchev–Trinajstić information content (AvgIpc) is 2.43. The summed E-state index contributed by atoms with van der Waals surface area (Å²) in [5, 5.41) is 0. The molecule has 0 heterocycles. The van der Waals surface area contributed by atoms with E-state index in [0.29, 0.717) is 11.7 Å². The van der Waals surface area contributed by atoms with Crippen LogP contribution in [0.3, 0.4) is 0 Å². The Morgan fingerprint density at radius 3 is 2.44 bits per heavy atom. The highest BCUT2D eigenvalue weighted by Crippen LogP contribution is 2.45. The lowest BCUT2D eigenvalue weighted by atomic mass is 9.63. The second kappa shape index (κ2) is 6.73. The highest BCUT2D eigenvalue weighted by Gasteiger charge is 2.36. The number of unbranched alkanes of at least 4 members (excludes halogenated alkanes) is 1. The van der Waals surface area contributed by atoms with Gasteiger partial charge in [0.05, 0.1) is 0 Å². The first kappa shape index (κ1) is 14.1. The molecule has 0 N–H and O–H groups in total. The third-order valence-corrected chi connectivity index (χ3v) is 5.53. The Hall–Kier alpha value is -0.330. The first-order valence-corrected chi connectivity index (χ1v) is 8.27. The van der Waals surface area contributed by atoms with E-state index in [2.05, 4.69) is 13.8 Å². The maximum Gasteiger partial charge on any atom is 0.135 e. The molecular formula is C17H30O. The van der Waals surface area contributed by atoms with Crippen molar-refractivity contribution < 1.29 is 4.79 Å². The van der Waals surface area contributed by atoms with Gasteiger partial charge in [0.15, 0.2) is 0 Å². The molecule has 1 heteroatoms. The summed E-state index contributed by atoms with van der Waals surface area (Å²) in [6.07, 6.45) is 12.5. The highest BCUT2D eigenvalue weighted by molar-refractivity contribution is 5.81. The monoisotopic (exact) mass is 250 g/mol. The summed E-state index contributed by atoms with van der Waals surface area (Å²) in [6.45, 7) is 4.51. The van der Waals surface area contributed by atoms with Gasteiger partial charge in [0.25, 0.3) is 0 Å². The van der Waals surface area contributed by atoms with Crippen molar-refractivity contribution in [2.75, 3.05) is 0 Å². The first-order chi connectivity index (χ1) is 8.74. The van der Waals surface area contributed by atoms with E-state index in [1.165, 1.54) is 44.9 Å². The van der Waals surface area contributed by atoms with Gasteiger partial charge in [-0.15, -0.1) is 0 Å². The molecule has 2 aliphatic carbocycles. The fraction of sp³-hybridized carbons (Fsp3) is 0.941. The van der Waals surface area contributed by atoms with Crippen LogP contribution < -0.4 is 0 Å². The van der Waals surface area contributed by atoms with Gasteiger partial charge in [0.2, 0.25) is 0 Å². The van der Waals surface area contributed by atoms with Crippen LogP contribution in [0.15, 0.2) is 0 Å². The molecule has 1 nitrogen and oxygen atoms in total. The van der Waals surface area contributed by atoms with Crippen LogP contribution in [0.1, 0.15) is 78.1 Å². The number of fused-ring (bicyclic) bond motifs is 1. The Bertz CT molecular complexity index is 271. The van der Waals surface area contributed by atoms with Crippen molar-refractivity contribution in [3.8, 4) is 0 Å². The Labute approximate surface area is 113 Å². The van der Waals surface area contributed by atoms with Crippen LogP contribution in [-0.2, 0) is 4.79 Å².